The summed E-state index contributed by atoms with van der Waals surface area (Å²) >= 11 is 3.31. The van der Waals surface area contributed by atoms with Crippen LogP contribution in [0.25, 0.3) is 10.8 Å². The molecule has 4 nitrogen and oxygen atoms in total. The molecule has 1 atom stereocenters. The monoisotopic (exact) mass is 397 g/mol. The first kappa shape index (κ1) is 17.2. The normalized spacial score (nSPS) is 11.9. The van der Waals surface area contributed by atoms with Crippen molar-refractivity contribution in [3.05, 3.63) is 82.3 Å². The Morgan fingerprint density at radius 1 is 0.960 bits per heavy atom. The van der Waals surface area contributed by atoms with Gasteiger partial charge in [0.25, 0.3) is 5.91 Å². The van der Waals surface area contributed by atoms with Gasteiger partial charge in [0, 0.05) is 10.9 Å². The van der Waals surface area contributed by atoms with Gasteiger partial charge in [-0.3, -0.25) is 4.79 Å². The first-order valence-corrected chi connectivity index (χ1v) is 8.60. The predicted molar refractivity (Wildman–Crippen MR) is 101 cm³/mol. The van der Waals surface area contributed by atoms with Crippen molar-refractivity contribution in [1.29, 1.82) is 0 Å². The number of carbonyl (C=O) groups excluding carboxylic acids is 1. The lowest BCUT2D eigenvalue weighted by molar-refractivity contribution is -0.139. The van der Waals surface area contributed by atoms with E-state index in [-0.39, 0.29) is 6.42 Å². The lowest BCUT2D eigenvalue weighted by atomic mass is 9.98. The van der Waals surface area contributed by atoms with E-state index in [9.17, 15) is 14.7 Å². The minimum atomic E-state index is -1.06. The molecule has 3 aromatic carbocycles. The maximum atomic E-state index is 12.4. The first-order chi connectivity index (χ1) is 12.1. The van der Waals surface area contributed by atoms with Gasteiger partial charge in [0.1, 0.15) is 6.04 Å². The van der Waals surface area contributed by atoms with Crippen LogP contribution in [0.5, 0.6) is 0 Å². The number of carbonyl (C=O) groups is 2. The van der Waals surface area contributed by atoms with Gasteiger partial charge in [0.2, 0.25) is 0 Å². The lowest BCUT2D eigenvalue weighted by Crippen LogP contribution is -2.42. The molecule has 0 aliphatic carbocycles. The Kier molecular flexibility index (Phi) is 5.14. The molecule has 0 unspecified atom stereocenters. The molecule has 3 aromatic rings. The first-order valence-electron chi connectivity index (χ1n) is 7.81. The molecule has 126 valence electrons. The number of nitrogens with one attached hydrogen (secondary N) is 1. The van der Waals surface area contributed by atoms with Crippen molar-refractivity contribution in [2.75, 3.05) is 0 Å². The standard InChI is InChI=1S/C20H16BrNO3/c21-17-11-4-3-10-16(17)19(23)22-18(20(24)25)12-14-8-5-7-13-6-1-2-9-15(13)14/h1-11,18H,12H2,(H,22,23)(H,24,25)/t18-/m1/s1. The average molecular weight is 398 g/mol. The lowest BCUT2D eigenvalue weighted by Gasteiger charge is -2.16. The minimum absolute atomic E-state index is 0.215. The molecule has 0 saturated carbocycles. The number of aliphatic carboxylic acids is 1. The number of benzene rings is 3. The van der Waals surface area contributed by atoms with Gasteiger partial charge in [-0.15, -0.1) is 0 Å². The van der Waals surface area contributed by atoms with Crippen molar-refractivity contribution in [2.45, 2.75) is 12.5 Å². The van der Waals surface area contributed by atoms with Crippen LogP contribution in [-0.4, -0.2) is 23.0 Å². The summed E-state index contributed by atoms with van der Waals surface area (Å²) in [7, 11) is 0. The Hall–Kier alpha value is -2.66. The molecular weight excluding hydrogens is 382 g/mol. The summed E-state index contributed by atoms with van der Waals surface area (Å²) in [5.74, 6) is -1.48. The van der Waals surface area contributed by atoms with Crippen LogP contribution in [0.3, 0.4) is 0 Å². The third-order valence-corrected chi connectivity index (χ3v) is 4.72. The van der Waals surface area contributed by atoms with Gasteiger partial charge >= 0.3 is 5.97 Å². The Bertz CT molecular complexity index is 934. The summed E-state index contributed by atoms with van der Waals surface area (Å²) in [6.45, 7) is 0. The molecule has 1 amide bonds. The zero-order valence-electron chi connectivity index (χ0n) is 13.3. The molecule has 0 saturated heterocycles. The second kappa shape index (κ2) is 7.49. The van der Waals surface area contributed by atoms with Gasteiger partial charge in [0.05, 0.1) is 5.56 Å². The van der Waals surface area contributed by atoms with E-state index in [2.05, 4.69) is 21.2 Å². The van der Waals surface area contributed by atoms with E-state index in [4.69, 9.17) is 0 Å². The molecule has 0 aliphatic heterocycles. The van der Waals surface area contributed by atoms with Crippen molar-refractivity contribution in [3.8, 4) is 0 Å². The molecule has 3 rings (SSSR count). The quantitative estimate of drug-likeness (QED) is 0.682. The summed E-state index contributed by atoms with van der Waals surface area (Å²) in [6.07, 6.45) is 0.215. The molecule has 0 aliphatic rings. The second-order valence-corrected chi connectivity index (χ2v) is 6.54. The van der Waals surface area contributed by atoms with Crippen LogP contribution in [0.1, 0.15) is 15.9 Å². The molecule has 2 N–H and O–H groups in total. The highest BCUT2D eigenvalue weighted by molar-refractivity contribution is 9.10. The summed E-state index contributed by atoms with van der Waals surface area (Å²) in [4.78, 5) is 24.1. The van der Waals surface area contributed by atoms with Crippen molar-refractivity contribution < 1.29 is 14.7 Å². The van der Waals surface area contributed by atoms with E-state index in [1.54, 1.807) is 24.3 Å². The fraction of sp³-hybridized carbons (Fsp3) is 0.100. The average Bonchev–Trinajstić information content (AvgIpc) is 2.61. The molecule has 0 radical (unpaired) electrons. The third kappa shape index (κ3) is 3.88. The number of hydrogen-bond acceptors (Lipinski definition) is 2. The van der Waals surface area contributed by atoms with E-state index in [0.717, 1.165) is 16.3 Å². The summed E-state index contributed by atoms with van der Waals surface area (Å²) in [6, 6.07) is 19.5. The van der Waals surface area contributed by atoms with E-state index in [1.165, 1.54) is 0 Å². The molecule has 5 heteroatoms. The van der Waals surface area contributed by atoms with Crippen LogP contribution in [0.2, 0.25) is 0 Å². The number of halogens is 1. The SMILES string of the molecule is O=C(N[C@H](Cc1cccc2ccccc12)C(=O)O)c1ccccc1Br. The summed E-state index contributed by atoms with van der Waals surface area (Å²) < 4.78 is 0.627. The van der Waals surface area contributed by atoms with E-state index < -0.39 is 17.9 Å². The summed E-state index contributed by atoms with van der Waals surface area (Å²) in [5.41, 5.74) is 1.30. The fourth-order valence-corrected chi connectivity index (χ4v) is 3.24. The number of carboxylic acids is 1. The van der Waals surface area contributed by atoms with Gasteiger partial charge in [-0.05, 0) is 44.4 Å². The Morgan fingerprint density at radius 2 is 1.64 bits per heavy atom. The van der Waals surface area contributed by atoms with E-state index in [1.807, 2.05) is 42.5 Å². The molecular formula is C20H16BrNO3. The van der Waals surface area contributed by atoms with Crippen LogP contribution in [-0.2, 0) is 11.2 Å². The Labute approximate surface area is 153 Å². The Balaban J connectivity index is 1.86. The Morgan fingerprint density at radius 3 is 2.40 bits per heavy atom. The number of fused-ring (bicyclic) bond motifs is 1. The van der Waals surface area contributed by atoms with Crippen molar-refractivity contribution in [1.82, 2.24) is 5.32 Å². The highest BCUT2D eigenvalue weighted by Crippen LogP contribution is 2.20. The minimum Gasteiger partial charge on any atom is -0.480 e. The van der Waals surface area contributed by atoms with Gasteiger partial charge in [-0.2, -0.15) is 0 Å². The van der Waals surface area contributed by atoms with Gasteiger partial charge < -0.3 is 10.4 Å². The molecule has 0 bridgehead atoms. The molecule has 0 fully saturated rings. The number of carboxylic acid groups (broad SMARTS) is 1. The van der Waals surface area contributed by atoms with Crippen LogP contribution in [0, 0.1) is 0 Å². The fourth-order valence-electron chi connectivity index (χ4n) is 2.77. The van der Waals surface area contributed by atoms with Gasteiger partial charge in [-0.1, -0.05) is 54.6 Å². The molecule has 0 aromatic heterocycles. The number of amides is 1. The third-order valence-electron chi connectivity index (χ3n) is 4.03. The highest BCUT2D eigenvalue weighted by Gasteiger charge is 2.22. The van der Waals surface area contributed by atoms with Crippen molar-refractivity contribution in [3.63, 3.8) is 0 Å². The van der Waals surface area contributed by atoms with Crippen molar-refractivity contribution >= 4 is 38.6 Å². The van der Waals surface area contributed by atoms with Gasteiger partial charge in [-0.25, -0.2) is 4.79 Å². The predicted octanol–water partition coefficient (Wildman–Crippen LogP) is 4.03. The second-order valence-electron chi connectivity index (χ2n) is 5.69. The van der Waals surface area contributed by atoms with Crippen LogP contribution in [0.15, 0.2) is 71.2 Å². The van der Waals surface area contributed by atoms with Crippen LogP contribution < -0.4 is 5.32 Å². The highest BCUT2D eigenvalue weighted by atomic mass is 79.9. The maximum absolute atomic E-state index is 12.4. The largest absolute Gasteiger partial charge is 0.480 e. The van der Waals surface area contributed by atoms with E-state index >= 15 is 0 Å². The molecule has 0 spiro atoms. The van der Waals surface area contributed by atoms with Crippen molar-refractivity contribution in [2.24, 2.45) is 0 Å². The topological polar surface area (TPSA) is 66.4 Å². The van der Waals surface area contributed by atoms with Gasteiger partial charge in [0.15, 0.2) is 0 Å². The number of rotatable bonds is 5. The van der Waals surface area contributed by atoms with Crippen LogP contribution >= 0.6 is 15.9 Å². The number of hydrogen-bond donors (Lipinski definition) is 2. The maximum Gasteiger partial charge on any atom is 0.326 e. The van der Waals surface area contributed by atoms with Crippen LogP contribution in [0.4, 0.5) is 0 Å². The van der Waals surface area contributed by atoms with E-state index in [0.29, 0.717) is 10.0 Å². The zero-order valence-corrected chi connectivity index (χ0v) is 14.9. The summed E-state index contributed by atoms with van der Waals surface area (Å²) in [5, 5.41) is 14.2. The molecule has 25 heavy (non-hydrogen) atoms. The molecule has 0 heterocycles. The zero-order chi connectivity index (χ0) is 17.8. The smallest absolute Gasteiger partial charge is 0.326 e.